The Balaban J connectivity index is 1.62. The Bertz CT molecular complexity index is 640. The molecule has 0 nitrogen and oxygen atoms in total. The summed E-state index contributed by atoms with van der Waals surface area (Å²) in [6.45, 7) is 4.44. The van der Waals surface area contributed by atoms with E-state index in [-0.39, 0.29) is 11.8 Å². The number of allylic oxidation sites excluding steroid dienone is 2. The van der Waals surface area contributed by atoms with Crippen LogP contribution in [0.25, 0.3) is 0 Å². The highest BCUT2D eigenvalue weighted by atomic mass is 19.2. The van der Waals surface area contributed by atoms with Crippen molar-refractivity contribution in [3.05, 3.63) is 47.0 Å². The molecule has 1 fully saturated rings. The molecule has 0 aliphatic heterocycles. The molecule has 0 bridgehead atoms. The first-order valence-electron chi connectivity index (χ1n) is 11.8. The van der Waals surface area contributed by atoms with Crippen molar-refractivity contribution in [3.8, 4) is 0 Å². The van der Waals surface area contributed by atoms with E-state index in [1.54, 1.807) is 0 Å². The summed E-state index contributed by atoms with van der Waals surface area (Å²) in [6.07, 6.45) is 18.3. The van der Waals surface area contributed by atoms with Gasteiger partial charge < -0.3 is 0 Å². The average molecular weight is 389 g/mol. The van der Waals surface area contributed by atoms with E-state index in [9.17, 15) is 8.78 Å². The third-order valence-corrected chi connectivity index (χ3v) is 7.17. The minimum atomic E-state index is -0.592. The molecule has 0 heterocycles. The molecule has 28 heavy (non-hydrogen) atoms. The molecule has 0 aromatic heterocycles. The third kappa shape index (κ3) is 5.24. The van der Waals surface area contributed by atoms with Crippen LogP contribution >= 0.6 is 0 Å². The van der Waals surface area contributed by atoms with Crippen LogP contribution in [0.1, 0.15) is 114 Å². The van der Waals surface area contributed by atoms with Gasteiger partial charge in [0.2, 0.25) is 0 Å². The first-order chi connectivity index (χ1) is 13.6. The van der Waals surface area contributed by atoms with E-state index in [0.29, 0.717) is 17.0 Å². The highest BCUT2D eigenvalue weighted by molar-refractivity contribution is 5.34. The fourth-order valence-electron chi connectivity index (χ4n) is 5.37. The zero-order valence-electron chi connectivity index (χ0n) is 17.9. The largest absolute Gasteiger partial charge is 0.203 e. The van der Waals surface area contributed by atoms with E-state index < -0.39 is 11.6 Å². The molecule has 0 N–H and O–H groups in total. The van der Waals surface area contributed by atoms with Crippen molar-refractivity contribution in [1.29, 1.82) is 0 Å². The molecule has 0 amide bonds. The molecule has 1 aromatic carbocycles. The van der Waals surface area contributed by atoms with Gasteiger partial charge in [-0.1, -0.05) is 70.2 Å². The summed E-state index contributed by atoms with van der Waals surface area (Å²) in [5, 5.41) is 0. The van der Waals surface area contributed by atoms with Crippen LogP contribution in [-0.4, -0.2) is 0 Å². The van der Waals surface area contributed by atoms with Crippen LogP contribution in [0.15, 0.2) is 24.3 Å². The number of hydrogen-bond donors (Lipinski definition) is 0. The predicted octanol–water partition coefficient (Wildman–Crippen LogP) is 8.67. The Morgan fingerprint density at radius 1 is 0.750 bits per heavy atom. The lowest BCUT2D eigenvalue weighted by atomic mass is 9.76. The minimum Gasteiger partial charge on any atom is -0.203 e. The highest BCUT2D eigenvalue weighted by Crippen LogP contribution is 2.41. The van der Waals surface area contributed by atoms with Crippen LogP contribution in [0, 0.1) is 23.5 Å². The maximum atomic E-state index is 14.9. The SMILES string of the molecule is CCCCCC1CCC(c2ccc(C3C=CC(CCC)CC3)c(F)c2F)CC1. The van der Waals surface area contributed by atoms with Gasteiger partial charge in [0.05, 0.1) is 0 Å². The van der Waals surface area contributed by atoms with Gasteiger partial charge in [-0.3, -0.25) is 0 Å². The summed E-state index contributed by atoms with van der Waals surface area (Å²) in [4.78, 5) is 0. The second kappa shape index (κ2) is 10.6. The molecular weight excluding hydrogens is 350 g/mol. The van der Waals surface area contributed by atoms with Crippen molar-refractivity contribution >= 4 is 0 Å². The van der Waals surface area contributed by atoms with E-state index in [0.717, 1.165) is 31.6 Å². The van der Waals surface area contributed by atoms with Gasteiger partial charge >= 0.3 is 0 Å². The van der Waals surface area contributed by atoms with E-state index in [1.807, 2.05) is 12.1 Å². The maximum absolute atomic E-state index is 14.9. The van der Waals surface area contributed by atoms with E-state index in [1.165, 1.54) is 51.4 Å². The van der Waals surface area contributed by atoms with Crippen LogP contribution in [0.5, 0.6) is 0 Å². The number of halogens is 2. The fourth-order valence-corrected chi connectivity index (χ4v) is 5.37. The predicted molar refractivity (Wildman–Crippen MR) is 115 cm³/mol. The summed E-state index contributed by atoms with van der Waals surface area (Å²) >= 11 is 0. The molecule has 2 heteroatoms. The molecule has 2 aliphatic carbocycles. The molecule has 2 aliphatic rings. The number of rotatable bonds is 8. The number of benzene rings is 1. The van der Waals surface area contributed by atoms with Crippen LogP contribution in [0.4, 0.5) is 8.78 Å². The average Bonchev–Trinajstić information content (AvgIpc) is 2.72. The van der Waals surface area contributed by atoms with Gasteiger partial charge in [-0.25, -0.2) is 8.78 Å². The molecule has 156 valence electrons. The smallest absolute Gasteiger partial charge is 0.162 e. The summed E-state index contributed by atoms with van der Waals surface area (Å²) < 4.78 is 29.9. The lowest BCUT2D eigenvalue weighted by Crippen LogP contribution is -2.16. The van der Waals surface area contributed by atoms with Crippen LogP contribution in [-0.2, 0) is 0 Å². The Morgan fingerprint density at radius 2 is 1.46 bits per heavy atom. The zero-order valence-corrected chi connectivity index (χ0v) is 17.9. The van der Waals surface area contributed by atoms with Gasteiger partial charge in [0.1, 0.15) is 0 Å². The van der Waals surface area contributed by atoms with E-state index in [2.05, 4.69) is 26.0 Å². The molecule has 0 saturated heterocycles. The molecular formula is C26H38F2. The Kier molecular flexibility index (Phi) is 8.11. The van der Waals surface area contributed by atoms with E-state index in [4.69, 9.17) is 0 Å². The second-order valence-corrected chi connectivity index (χ2v) is 9.20. The van der Waals surface area contributed by atoms with Gasteiger partial charge in [0, 0.05) is 5.92 Å². The highest BCUT2D eigenvalue weighted by Gasteiger charge is 2.28. The molecule has 0 spiro atoms. The van der Waals surface area contributed by atoms with Crippen molar-refractivity contribution in [2.75, 3.05) is 0 Å². The fraction of sp³-hybridized carbons (Fsp3) is 0.692. The van der Waals surface area contributed by atoms with Crippen molar-refractivity contribution in [2.24, 2.45) is 11.8 Å². The van der Waals surface area contributed by atoms with Crippen molar-refractivity contribution < 1.29 is 8.78 Å². The number of hydrogen-bond acceptors (Lipinski definition) is 0. The molecule has 2 unspecified atom stereocenters. The summed E-state index contributed by atoms with van der Waals surface area (Å²) in [7, 11) is 0. The molecule has 0 radical (unpaired) electrons. The van der Waals surface area contributed by atoms with Gasteiger partial charge in [-0.15, -0.1) is 0 Å². The minimum absolute atomic E-state index is 0.0333. The van der Waals surface area contributed by atoms with Gasteiger partial charge in [-0.05, 0) is 73.8 Å². The summed E-state index contributed by atoms with van der Waals surface area (Å²) in [5.41, 5.74) is 1.18. The first-order valence-corrected chi connectivity index (χ1v) is 11.8. The standard InChI is InChI=1S/C26H38F2/c1-3-5-6-8-20-11-15-22(16-12-20)24-18-17-23(25(27)26(24)28)21-13-9-19(7-4-2)10-14-21/h9,13,17-22H,3-8,10-12,14-16H2,1-2H3. The Morgan fingerprint density at radius 3 is 2.11 bits per heavy atom. The molecule has 1 saturated carbocycles. The van der Waals surface area contributed by atoms with Crippen molar-refractivity contribution in [3.63, 3.8) is 0 Å². The third-order valence-electron chi connectivity index (χ3n) is 7.17. The monoisotopic (exact) mass is 388 g/mol. The molecule has 3 rings (SSSR count). The van der Waals surface area contributed by atoms with Gasteiger partial charge in [-0.2, -0.15) is 0 Å². The Labute approximate surface area is 170 Å². The van der Waals surface area contributed by atoms with Crippen molar-refractivity contribution in [1.82, 2.24) is 0 Å². The zero-order chi connectivity index (χ0) is 19.9. The second-order valence-electron chi connectivity index (χ2n) is 9.20. The number of unbranched alkanes of at least 4 members (excludes halogenated alkanes) is 2. The quantitative estimate of drug-likeness (QED) is 0.309. The maximum Gasteiger partial charge on any atom is 0.162 e. The lowest BCUT2D eigenvalue weighted by molar-refractivity contribution is 0.297. The molecule has 1 aromatic rings. The van der Waals surface area contributed by atoms with E-state index >= 15 is 0 Å². The van der Waals surface area contributed by atoms with Crippen LogP contribution < -0.4 is 0 Å². The normalized spacial score (nSPS) is 27.9. The summed E-state index contributed by atoms with van der Waals surface area (Å²) in [6, 6.07) is 3.76. The van der Waals surface area contributed by atoms with Crippen molar-refractivity contribution in [2.45, 2.75) is 103 Å². The lowest BCUT2D eigenvalue weighted by Gasteiger charge is -2.30. The summed E-state index contributed by atoms with van der Waals surface area (Å²) in [5.74, 6) is 0.467. The van der Waals surface area contributed by atoms with Gasteiger partial charge in [0.25, 0.3) is 0 Å². The first kappa shape index (κ1) is 21.5. The van der Waals surface area contributed by atoms with Crippen LogP contribution in [0.3, 0.4) is 0 Å². The molecule has 2 atom stereocenters. The topological polar surface area (TPSA) is 0 Å². The Hall–Kier alpha value is -1.18. The van der Waals surface area contributed by atoms with Gasteiger partial charge in [0.15, 0.2) is 11.6 Å². The van der Waals surface area contributed by atoms with Crippen LogP contribution in [0.2, 0.25) is 0 Å².